The van der Waals surface area contributed by atoms with E-state index >= 15 is 0 Å². The average Bonchev–Trinajstić information content (AvgIpc) is 3.32. The highest BCUT2D eigenvalue weighted by atomic mass is 16.1. The fourth-order valence-corrected chi connectivity index (χ4v) is 3.04. The lowest BCUT2D eigenvalue weighted by Crippen LogP contribution is -2.10. The number of rotatable bonds is 9. The first kappa shape index (κ1) is 16.9. The lowest BCUT2D eigenvalue weighted by atomic mass is 10.1. The van der Waals surface area contributed by atoms with Crippen LogP contribution >= 0.6 is 0 Å². The Morgan fingerprint density at radius 3 is 2.42 bits per heavy atom. The van der Waals surface area contributed by atoms with E-state index in [0.29, 0.717) is 31.2 Å². The SMILES string of the molecule is CC(C)CCc1nnc(CCC(=O)Cc2ccccc2)n1C1CC1. The molecule has 4 nitrogen and oxygen atoms in total. The number of nitrogens with zero attached hydrogens (tertiary/aromatic N) is 3. The van der Waals surface area contributed by atoms with Crippen LogP contribution in [0.25, 0.3) is 0 Å². The third kappa shape index (κ3) is 4.53. The van der Waals surface area contributed by atoms with E-state index in [-0.39, 0.29) is 5.78 Å². The molecule has 0 N–H and O–H groups in total. The second-order valence-corrected chi connectivity index (χ2v) is 7.27. The molecule has 2 aromatic rings. The summed E-state index contributed by atoms with van der Waals surface area (Å²) in [6.07, 6.45) is 6.33. The lowest BCUT2D eigenvalue weighted by molar-refractivity contribution is -0.118. The van der Waals surface area contributed by atoms with Crippen molar-refractivity contribution in [1.29, 1.82) is 0 Å². The molecule has 0 saturated heterocycles. The molecule has 4 heteroatoms. The zero-order valence-corrected chi connectivity index (χ0v) is 14.7. The van der Waals surface area contributed by atoms with Gasteiger partial charge in [0.2, 0.25) is 0 Å². The Balaban J connectivity index is 1.59. The maximum atomic E-state index is 12.2. The van der Waals surface area contributed by atoms with Gasteiger partial charge in [-0.3, -0.25) is 4.79 Å². The predicted octanol–water partition coefficient (Wildman–Crippen LogP) is 3.95. The molecule has 1 fully saturated rings. The molecule has 3 rings (SSSR count). The molecule has 1 aromatic carbocycles. The molecule has 1 saturated carbocycles. The number of hydrogen-bond acceptors (Lipinski definition) is 3. The molecule has 0 aliphatic heterocycles. The van der Waals surface area contributed by atoms with Gasteiger partial charge in [-0.1, -0.05) is 44.2 Å². The lowest BCUT2D eigenvalue weighted by Gasteiger charge is -2.10. The molecule has 0 bridgehead atoms. The molecule has 0 spiro atoms. The minimum atomic E-state index is 0.273. The fourth-order valence-electron chi connectivity index (χ4n) is 3.04. The number of ketones is 1. The molecule has 0 unspecified atom stereocenters. The quantitative estimate of drug-likeness (QED) is 0.701. The van der Waals surface area contributed by atoms with E-state index in [1.165, 1.54) is 12.8 Å². The van der Waals surface area contributed by atoms with Gasteiger partial charge in [-0.05, 0) is 30.7 Å². The van der Waals surface area contributed by atoms with Crippen molar-refractivity contribution >= 4 is 5.78 Å². The molecule has 0 amide bonds. The summed E-state index contributed by atoms with van der Waals surface area (Å²) >= 11 is 0. The Morgan fingerprint density at radius 2 is 1.79 bits per heavy atom. The molecule has 1 aromatic heterocycles. The Bertz CT molecular complexity index is 671. The number of aryl methyl sites for hydroxylation is 2. The fraction of sp³-hybridized carbons (Fsp3) is 0.550. The molecule has 128 valence electrons. The standard InChI is InChI=1S/C20H27N3O/c1-15(2)8-12-19-21-22-20(23(19)17-9-10-17)13-11-18(24)14-16-6-4-3-5-7-16/h3-7,15,17H,8-14H2,1-2H3. The van der Waals surface area contributed by atoms with Crippen molar-refractivity contribution in [3.05, 3.63) is 47.5 Å². The third-order valence-corrected chi connectivity index (χ3v) is 4.57. The van der Waals surface area contributed by atoms with Gasteiger partial charge < -0.3 is 4.57 Å². The van der Waals surface area contributed by atoms with Gasteiger partial charge >= 0.3 is 0 Å². The number of carbonyl (C=O) groups excluding carboxylic acids is 1. The summed E-state index contributed by atoms with van der Waals surface area (Å²) in [4.78, 5) is 12.2. The highest BCUT2D eigenvalue weighted by Gasteiger charge is 2.29. The van der Waals surface area contributed by atoms with Crippen LogP contribution in [0.3, 0.4) is 0 Å². The number of hydrogen-bond donors (Lipinski definition) is 0. The van der Waals surface area contributed by atoms with Gasteiger partial charge in [0.25, 0.3) is 0 Å². The van der Waals surface area contributed by atoms with Crippen LogP contribution in [0.4, 0.5) is 0 Å². The van der Waals surface area contributed by atoms with Crippen LogP contribution in [-0.2, 0) is 24.1 Å². The van der Waals surface area contributed by atoms with Crippen LogP contribution < -0.4 is 0 Å². The van der Waals surface area contributed by atoms with E-state index in [2.05, 4.69) is 28.6 Å². The van der Waals surface area contributed by atoms with E-state index in [1.54, 1.807) is 0 Å². The highest BCUT2D eigenvalue weighted by molar-refractivity contribution is 5.80. The molecule has 0 atom stereocenters. The van der Waals surface area contributed by atoms with Crippen LogP contribution in [0.2, 0.25) is 0 Å². The minimum Gasteiger partial charge on any atom is -0.312 e. The zero-order valence-electron chi connectivity index (χ0n) is 14.7. The Kier molecular flexibility index (Phi) is 5.44. The van der Waals surface area contributed by atoms with Gasteiger partial charge in [-0.25, -0.2) is 0 Å². The van der Waals surface area contributed by atoms with E-state index < -0.39 is 0 Å². The van der Waals surface area contributed by atoms with Gasteiger partial charge in [-0.15, -0.1) is 10.2 Å². The first-order valence-electron chi connectivity index (χ1n) is 9.11. The Hall–Kier alpha value is -1.97. The molecule has 0 radical (unpaired) electrons. The van der Waals surface area contributed by atoms with Crippen LogP contribution in [0.1, 0.15) is 62.8 Å². The average molecular weight is 325 g/mol. The first-order chi connectivity index (χ1) is 11.6. The van der Waals surface area contributed by atoms with Crippen molar-refractivity contribution in [2.75, 3.05) is 0 Å². The highest BCUT2D eigenvalue weighted by Crippen LogP contribution is 2.37. The van der Waals surface area contributed by atoms with E-state index in [9.17, 15) is 4.79 Å². The maximum Gasteiger partial charge on any atom is 0.137 e. The molecule has 1 heterocycles. The maximum absolute atomic E-state index is 12.2. The molecule has 24 heavy (non-hydrogen) atoms. The van der Waals surface area contributed by atoms with Gasteiger partial charge in [0.1, 0.15) is 17.4 Å². The zero-order chi connectivity index (χ0) is 16.9. The molecule has 1 aliphatic rings. The summed E-state index contributed by atoms with van der Waals surface area (Å²) in [5.74, 6) is 3.05. The summed E-state index contributed by atoms with van der Waals surface area (Å²) in [7, 11) is 0. The summed E-state index contributed by atoms with van der Waals surface area (Å²) in [6, 6.07) is 10.5. The number of Topliss-reactive ketones (excluding diaryl/α,β-unsaturated/α-hetero) is 1. The smallest absolute Gasteiger partial charge is 0.137 e. The van der Waals surface area contributed by atoms with Crippen LogP contribution in [-0.4, -0.2) is 20.5 Å². The molecular weight excluding hydrogens is 298 g/mol. The number of aromatic nitrogens is 3. The summed E-state index contributed by atoms with van der Waals surface area (Å²) in [5.41, 5.74) is 1.09. The number of carbonyl (C=O) groups is 1. The topological polar surface area (TPSA) is 47.8 Å². The normalized spacial score (nSPS) is 14.3. The van der Waals surface area contributed by atoms with E-state index in [4.69, 9.17) is 0 Å². The monoisotopic (exact) mass is 325 g/mol. The van der Waals surface area contributed by atoms with E-state index in [0.717, 1.165) is 30.1 Å². The van der Waals surface area contributed by atoms with E-state index in [1.807, 2.05) is 30.3 Å². The summed E-state index contributed by atoms with van der Waals surface area (Å²) < 4.78 is 2.32. The van der Waals surface area contributed by atoms with Crippen molar-refractivity contribution in [3.63, 3.8) is 0 Å². The van der Waals surface area contributed by atoms with Crippen molar-refractivity contribution in [3.8, 4) is 0 Å². The second kappa shape index (κ2) is 7.73. The Morgan fingerprint density at radius 1 is 1.12 bits per heavy atom. The van der Waals surface area contributed by atoms with Gasteiger partial charge in [0.15, 0.2) is 0 Å². The van der Waals surface area contributed by atoms with Gasteiger partial charge in [-0.2, -0.15) is 0 Å². The Labute approximate surface area is 144 Å². The van der Waals surface area contributed by atoms with Gasteiger partial charge in [0.05, 0.1) is 0 Å². The van der Waals surface area contributed by atoms with Crippen molar-refractivity contribution in [2.24, 2.45) is 5.92 Å². The van der Waals surface area contributed by atoms with Crippen LogP contribution in [0, 0.1) is 5.92 Å². The molecule has 1 aliphatic carbocycles. The van der Waals surface area contributed by atoms with Crippen molar-refractivity contribution < 1.29 is 4.79 Å². The molecular formula is C20H27N3O. The van der Waals surface area contributed by atoms with Crippen molar-refractivity contribution in [1.82, 2.24) is 14.8 Å². The van der Waals surface area contributed by atoms with Crippen molar-refractivity contribution in [2.45, 2.75) is 64.8 Å². The van der Waals surface area contributed by atoms with Gasteiger partial charge in [0, 0.05) is 31.7 Å². The first-order valence-corrected chi connectivity index (χ1v) is 9.11. The predicted molar refractivity (Wildman–Crippen MR) is 94.9 cm³/mol. The number of benzene rings is 1. The third-order valence-electron chi connectivity index (χ3n) is 4.57. The van der Waals surface area contributed by atoms with Crippen LogP contribution in [0.5, 0.6) is 0 Å². The van der Waals surface area contributed by atoms with Crippen LogP contribution in [0.15, 0.2) is 30.3 Å². The summed E-state index contributed by atoms with van der Waals surface area (Å²) in [5, 5.41) is 8.81. The second-order valence-electron chi connectivity index (χ2n) is 7.27. The minimum absolute atomic E-state index is 0.273. The summed E-state index contributed by atoms with van der Waals surface area (Å²) in [6.45, 7) is 4.47. The largest absolute Gasteiger partial charge is 0.312 e.